The molecule has 0 unspecified atom stereocenters. The Morgan fingerprint density at radius 3 is 2.32 bits per heavy atom. The van der Waals surface area contributed by atoms with Crippen LogP contribution in [0.4, 0.5) is 0 Å². The van der Waals surface area contributed by atoms with Crippen LogP contribution >= 0.6 is 12.4 Å². The van der Waals surface area contributed by atoms with Gasteiger partial charge in [-0.1, -0.05) is 44.9 Å². The third kappa shape index (κ3) is 5.63. The van der Waals surface area contributed by atoms with Gasteiger partial charge in [-0.15, -0.1) is 12.4 Å². The molecule has 0 radical (unpaired) electrons. The van der Waals surface area contributed by atoms with Gasteiger partial charge in [0.1, 0.15) is 11.6 Å². The van der Waals surface area contributed by atoms with Crippen LogP contribution in [0.5, 0.6) is 0 Å². The fourth-order valence-corrected chi connectivity index (χ4v) is 5.74. The van der Waals surface area contributed by atoms with Gasteiger partial charge in [-0.05, 0) is 58.1 Å². The maximum absolute atomic E-state index is 13.5. The molecule has 1 aromatic heterocycles. The summed E-state index contributed by atoms with van der Waals surface area (Å²) in [5.74, 6) is -0.383. The van der Waals surface area contributed by atoms with Crippen LogP contribution in [0.1, 0.15) is 69.0 Å². The summed E-state index contributed by atoms with van der Waals surface area (Å²) in [6.07, 6.45) is 2.06. The Balaban J connectivity index is 0.00000400. The Labute approximate surface area is 233 Å². The highest BCUT2D eigenvalue weighted by Crippen LogP contribution is 2.35. The van der Waals surface area contributed by atoms with E-state index in [0.717, 1.165) is 49.6 Å². The summed E-state index contributed by atoms with van der Waals surface area (Å²) < 4.78 is 2.01. The van der Waals surface area contributed by atoms with Crippen molar-refractivity contribution in [3.63, 3.8) is 0 Å². The van der Waals surface area contributed by atoms with E-state index in [1.54, 1.807) is 4.90 Å². The first-order valence-electron chi connectivity index (χ1n) is 13.7. The standard InChI is InChI=1S/C29H43N5O3.ClH/c1-7-8-15-33-27(36)25(26(35)19(2)3)30-28(37)29(33)13-16-32(17-14-29)18-24-21(5)31-34(22(24)6)23-11-9-20(4)10-12-23;/h9-12,19,25-26,35H,7-8,13-18H2,1-6H3,(H,30,37);1H/t25-,26-;/m1./s1. The fraction of sp³-hybridized carbons (Fsp3) is 0.621. The number of aromatic nitrogens is 2. The molecule has 0 saturated carbocycles. The van der Waals surface area contributed by atoms with Gasteiger partial charge in [-0.3, -0.25) is 14.5 Å². The fourth-order valence-electron chi connectivity index (χ4n) is 5.74. The van der Waals surface area contributed by atoms with Crippen molar-refractivity contribution in [3.8, 4) is 5.69 Å². The van der Waals surface area contributed by atoms with Gasteiger partial charge >= 0.3 is 0 Å². The average molecular weight is 546 g/mol. The van der Waals surface area contributed by atoms with E-state index in [-0.39, 0.29) is 30.1 Å². The van der Waals surface area contributed by atoms with E-state index in [2.05, 4.69) is 62.2 Å². The molecular formula is C29H44ClN5O3. The molecule has 0 aliphatic carbocycles. The SMILES string of the molecule is CCCCN1C(=O)[C@@H]([C@H](O)C(C)C)NC(=O)C12CCN(Cc1c(C)nn(-c3ccc(C)cc3)c1C)CC2.Cl. The third-order valence-corrected chi connectivity index (χ3v) is 8.30. The minimum atomic E-state index is -0.894. The minimum absolute atomic E-state index is 0. The first-order valence-corrected chi connectivity index (χ1v) is 13.7. The van der Waals surface area contributed by atoms with E-state index < -0.39 is 17.7 Å². The number of piperazine rings is 1. The van der Waals surface area contributed by atoms with Crippen molar-refractivity contribution in [1.82, 2.24) is 24.9 Å². The molecule has 9 heteroatoms. The smallest absolute Gasteiger partial charge is 0.248 e. The van der Waals surface area contributed by atoms with Crippen molar-refractivity contribution in [2.24, 2.45) is 5.92 Å². The molecule has 0 bridgehead atoms. The van der Waals surface area contributed by atoms with Crippen LogP contribution in [0, 0.1) is 26.7 Å². The quantitative estimate of drug-likeness (QED) is 0.528. The molecule has 2 saturated heterocycles. The number of carbonyl (C=O) groups is 2. The Kier molecular flexibility index (Phi) is 9.66. The van der Waals surface area contributed by atoms with Crippen molar-refractivity contribution in [2.75, 3.05) is 19.6 Å². The summed E-state index contributed by atoms with van der Waals surface area (Å²) in [6.45, 7) is 14.8. The molecule has 2 fully saturated rings. The zero-order valence-corrected chi connectivity index (χ0v) is 24.5. The molecule has 4 rings (SSSR count). The summed E-state index contributed by atoms with van der Waals surface area (Å²) in [7, 11) is 0. The number of unbranched alkanes of at least 4 members (excludes halogenated alkanes) is 1. The number of hydrogen-bond donors (Lipinski definition) is 2. The number of halogens is 1. The number of likely N-dealkylation sites (tertiary alicyclic amines) is 1. The van der Waals surface area contributed by atoms with Crippen LogP contribution in [0.15, 0.2) is 24.3 Å². The molecule has 2 aromatic rings. The van der Waals surface area contributed by atoms with Crippen LogP contribution in [0.2, 0.25) is 0 Å². The predicted molar refractivity (Wildman–Crippen MR) is 152 cm³/mol. The number of aliphatic hydroxyl groups excluding tert-OH is 1. The number of amides is 2. The van der Waals surface area contributed by atoms with Gasteiger partial charge in [-0.25, -0.2) is 4.68 Å². The second-order valence-corrected chi connectivity index (χ2v) is 11.2. The molecule has 38 heavy (non-hydrogen) atoms. The summed E-state index contributed by atoms with van der Waals surface area (Å²) >= 11 is 0. The molecule has 1 spiro atoms. The van der Waals surface area contributed by atoms with Crippen molar-refractivity contribution in [2.45, 2.75) is 91.5 Å². The first kappa shape index (κ1) is 30.1. The summed E-state index contributed by atoms with van der Waals surface area (Å²) in [6, 6.07) is 7.51. The summed E-state index contributed by atoms with van der Waals surface area (Å²) in [5, 5.41) is 18.4. The molecular weight excluding hydrogens is 502 g/mol. The van der Waals surface area contributed by atoms with E-state index >= 15 is 0 Å². The van der Waals surface area contributed by atoms with Gasteiger partial charge < -0.3 is 15.3 Å². The summed E-state index contributed by atoms with van der Waals surface area (Å²) in [4.78, 5) is 31.2. The van der Waals surface area contributed by atoms with Gasteiger partial charge in [-0.2, -0.15) is 5.10 Å². The van der Waals surface area contributed by atoms with E-state index in [9.17, 15) is 14.7 Å². The number of benzene rings is 1. The van der Waals surface area contributed by atoms with E-state index in [0.29, 0.717) is 19.4 Å². The zero-order valence-electron chi connectivity index (χ0n) is 23.7. The number of piperidine rings is 1. The molecule has 210 valence electrons. The molecule has 2 aliphatic heterocycles. The van der Waals surface area contributed by atoms with Crippen LogP contribution in [0.3, 0.4) is 0 Å². The lowest BCUT2D eigenvalue weighted by molar-refractivity contribution is -0.165. The largest absolute Gasteiger partial charge is 0.390 e. The van der Waals surface area contributed by atoms with Gasteiger partial charge in [0.15, 0.2) is 0 Å². The number of nitrogens with zero attached hydrogens (tertiary/aromatic N) is 4. The minimum Gasteiger partial charge on any atom is -0.390 e. The molecule has 8 nitrogen and oxygen atoms in total. The van der Waals surface area contributed by atoms with Crippen LogP contribution < -0.4 is 5.32 Å². The first-order chi connectivity index (χ1) is 17.6. The third-order valence-electron chi connectivity index (χ3n) is 8.30. The van der Waals surface area contributed by atoms with Crippen molar-refractivity contribution in [1.29, 1.82) is 0 Å². The number of aryl methyl sites for hydroxylation is 2. The Morgan fingerprint density at radius 2 is 1.74 bits per heavy atom. The lowest BCUT2D eigenvalue weighted by Crippen LogP contribution is -2.74. The highest BCUT2D eigenvalue weighted by molar-refractivity contribution is 6.00. The number of nitrogens with one attached hydrogen (secondary N) is 1. The second-order valence-electron chi connectivity index (χ2n) is 11.2. The number of hydrogen-bond acceptors (Lipinski definition) is 5. The van der Waals surface area contributed by atoms with E-state index in [1.165, 1.54) is 11.1 Å². The molecule has 2 N–H and O–H groups in total. The van der Waals surface area contributed by atoms with Gasteiger partial charge in [0.2, 0.25) is 11.8 Å². The van der Waals surface area contributed by atoms with Crippen molar-refractivity contribution < 1.29 is 14.7 Å². The number of aliphatic hydroxyl groups is 1. The Bertz CT molecular complexity index is 1120. The van der Waals surface area contributed by atoms with Crippen LogP contribution in [0.25, 0.3) is 5.69 Å². The van der Waals surface area contributed by atoms with Crippen molar-refractivity contribution in [3.05, 3.63) is 46.8 Å². The van der Waals surface area contributed by atoms with Crippen LogP contribution in [-0.2, 0) is 16.1 Å². The molecule has 2 amide bonds. The zero-order chi connectivity index (χ0) is 26.9. The monoisotopic (exact) mass is 545 g/mol. The topological polar surface area (TPSA) is 90.7 Å². The maximum atomic E-state index is 13.5. The lowest BCUT2D eigenvalue weighted by Gasteiger charge is -2.52. The lowest BCUT2D eigenvalue weighted by atomic mass is 9.80. The highest BCUT2D eigenvalue weighted by atomic mass is 35.5. The van der Waals surface area contributed by atoms with Crippen molar-refractivity contribution >= 4 is 24.2 Å². The number of carbonyl (C=O) groups excluding carboxylic acids is 2. The molecule has 1 aromatic carbocycles. The highest BCUT2D eigenvalue weighted by Gasteiger charge is 2.54. The normalized spacial score (nSPS) is 20.5. The van der Waals surface area contributed by atoms with E-state index in [4.69, 9.17) is 5.10 Å². The summed E-state index contributed by atoms with van der Waals surface area (Å²) in [5.41, 5.74) is 4.78. The van der Waals surface area contributed by atoms with Gasteiger partial charge in [0.05, 0.1) is 17.5 Å². The maximum Gasteiger partial charge on any atom is 0.248 e. The van der Waals surface area contributed by atoms with Crippen LogP contribution in [-0.4, -0.2) is 73.8 Å². The van der Waals surface area contributed by atoms with Gasteiger partial charge in [0.25, 0.3) is 0 Å². The molecule has 2 atom stereocenters. The van der Waals surface area contributed by atoms with E-state index in [1.807, 2.05) is 18.5 Å². The number of rotatable bonds is 8. The molecule has 3 heterocycles. The second kappa shape index (κ2) is 12.2. The predicted octanol–water partition coefficient (Wildman–Crippen LogP) is 3.70. The van der Waals surface area contributed by atoms with Gasteiger partial charge in [0, 0.05) is 37.4 Å². The average Bonchev–Trinajstić information content (AvgIpc) is 3.15. The molecule has 2 aliphatic rings. The Hall–Kier alpha value is -2.42. The Morgan fingerprint density at radius 1 is 1.11 bits per heavy atom.